The van der Waals surface area contributed by atoms with E-state index in [2.05, 4.69) is 11.9 Å². The van der Waals surface area contributed by atoms with E-state index in [0.717, 1.165) is 12.0 Å². The van der Waals surface area contributed by atoms with Crippen LogP contribution in [-0.4, -0.2) is 37.5 Å². The highest BCUT2D eigenvalue weighted by molar-refractivity contribution is 7.85. The molecule has 0 fully saturated rings. The molecule has 0 aliphatic rings. The molecule has 1 rings (SSSR count). The van der Waals surface area contributed by atoms with Gasteiger partial charge in [-0.15, -0.1) is 0 Å². The Balaban J connectivity index is 0.000000502. The van der Waals surface area contributed by atoms with Gasteiger partial charge in [0.1, 0.15) is 12.6 Å². The lowest BCUT2D eigenvalue weighted by Gasteiger charge is -2.21. The molecule has 0 spiro atoms. The fourth-order valence-electron chi connectivity index (χ4n) is 1.83. The summed E-state index contributed by atoms with van der Waals surface area (Å²) in [6.45, 7) is 10.7. The van der Waals surface area contributed by atoms with Crippen molar-refractivity contribution in [3.8, 4) is 0 Å². The van der Waals surface area contributed by atoms with Crippen LogP contribution in [0.4, 0.5) is 0 Å². The Morgan fingerprint density at radius 1 is 1.31 bits per heavy atom. The Hall–Kier alpha value is -2.19. The first-order valence-corrected chi connectivity index (χ1v) is 9.55. The Labute approximate surface area is 155 Å². The van der Waals surface area contributed by atoms with Gasteiger partial charge in [-0.2, -0.15) is 8.42 Å². The number of aryl methyl sites for hydroxylation is 1. The van der Waals surface area contributed by atoms with Crippen molar-refractivity contribution in [3.63, 3.8) is 0 Å². The molecule has 0 bridgehead atoms. The van der Waals surface area contributed by atoms with Crippen molar-refractivity contribution in [1.82, 2.24) is 5.32 Å². The molecule has 0 aromatic heterocycles. The highest BCUT2D eigenvalue weighted by atomic mass is 32.2. The van der Waals surface area contributed by atoms with Gasteiger partial charge >= 0.3 is 5.97 Å². The number of ether oxygens (including phenoxy) is 1. The molecule has 26 heavy (non-hydrogen) atoms. The lowest BCUT2D eigenvalue weighted by Crippen LogP contribution is -2.45. The number of carbonyl (C=O) groups is 2. The molecule has 1 amide bonds. The predicted octanol–water partition coefficient (Wildman–Crippen LogP) is 2.51. The number of esters is 1. The van der Waals surface area contributed by atoms with E-state index >= 15 is 0 Å². The molecular weight excluding hydrogens is 358 g/mol. The summed E-state index contributed by atoms with van der Waals surface area (Å²) >= 11 is 0. The fraction of sp³-hybridized carbons (Fsp3) is 0.444. The number of benzene rings is 1. The van der Waals surface area contributed by atoms with E-state index in [4.69, 9.17) is 9.29 Å². The molecule has 0 saturated heterocycles. The maximum atomic E-state index is 11.6. The molecule has 0 aliphatic heterocycles. The van der Waals surface area contributed by atoms with E-state index in [1.165, 1.54) is 25.1 Å². The summed E-state index contributed by atoms with van der Waals surface area (Å²) in [6.07, 6.45) is 2.30. The molecule has 0 saturated carbocycles. The minimum Gasteiger partial charge on any atom is -0.460 e. The third kappa shape index (κ3) is 9.33. The van der Waals surface area contributed by atoms with Crippen LogP contribution in [0.25, 0.3) is 0 Å². The highest BCUT2D eigenvalue weighted by Crippen LogP contribution is 2.09. The summed E-state index contributed by atoms with van der Waals surface area (Å²) in [6, 6.07) is 5.43. The molecule has 7 nitrogen and oxygen atoms in total. The molecular formula is C18H27NO6S. The Morgan fingerprint density at radius 2 is 1.85 bits per heavy atom. The minimum atomic E-state index is -4.02. The second-order valence-corrected chi connectivity index (χ2v) is 7.19. The maximum Gasteiger partial charge on any atom is 0.329 e. The summed E-state index contributed by atoms with van der Waals surface area (Å²) in [5.41, 5.74) is 0.956. The van der Waals surface area contributed by atoms with Gasteiger partial charge in [-0.05, 0) is 25.0 Å². The zero-order chi connectivity index (χ0) is 20.3. The van der Waals surface area contributed by atoms with Crippen LogP contribution < -0.4 is 5.32 Å². The summed E-state index contributed by atoms with van der Waals surface area (Å²) < 4.78 is 34.5. The van der Waals surface area contributed by atoms with Crippen molar-refractivity contribution in [1.29, 1.82) is 0 Å². The van der Waals surface area contributed by atoms with Crippen molar-refractivity contribution in [2.24, 2.45) is 5.92 Å². The van der Waals surface area contributed by atoms with Gasteiger partial charge in [-0.25, -0.2) is 4.79 Å². The average molecular weight is 385 g/mol. The summed E-state index contributed by atoms with van der Waals surface area (Å²) in [4.78, 5) is 22.4. The van der Waals surface area contributed by atoms with Crippen LogP contribution in [0.1, 0.15) is 32.8 Å². The fourth-order valence-corrected chi connectivity index (χ4v) is 2.31. The molecule has 0 aliphatic carbocycles. The van der Waals surface area contributed by atoms with Crippen LogP contribution in [0.5, 0.6) is 0 Å². The third-order valence-electron chi connectivity index (χ3n) is 3.49. The van der Waals surface area contributed by atoms with E-state index in [1.54, 1.807) is 12.1 Å². The van der Waals surface area contributed by atoms with Crippen molar-refractivity contribution in [2.45, 2.75) is 45.1 Å². The first-order valence-electron chi connectivity index (χ1n) is 8.11. The largest absolute Gasteiger partial charge is 0.460 e. The number of nitrogens with one attached hydrogen (secondary N) is 1. The summed E-state index contributed by atoms with van der Waals surface area (Å²) in [7, 11) is -4.02. The molecule has 2 atom stereocenters. The third-order valence-corrected chi connectivity index (χ3v) is 4.36. The van der Waals surface area contributed by atoms with E-state index in [9.17, 15) is 18.0 Å². The topological polar surface area (TPSA) is 110 Å². The predicted molar refractivity (Wildman–Crippen MR) is 99.2 cm³/mol. The van der Waals surface area contributed by atoms with Gasteiger partial charge in [-0.1, -0.05) is 50.6 Å². The molecule has 1 aromatic carbocycles. The molecule has 1 aromatic rings. The zero-order valence-corrected chi connectivity index (χ0v) is 16.4. The standard InChI is InChI=1S/C11H19NO3.C7H8O3S/c1-5-7-15-11(14)10(8(3)6-2)12-9(4)13;1-6-2-4-7(5-3-6)11(8,9)10/h5,8,10H,1,6-7H2,2-4H3,(H,12,13);2-5H,1H3,(H,8,9,10)/t8-,10-;/m0./s1. The van der Waals surface area contributed by atoms with Crippen LogP contribution in [0.15, 0.2) is 41.8 Å². The van der Waals surface area contributed by atoms with Gasteiger partial charge in [0.25, 0.3) is 10.1 Å². The lowest BCUT2D eigenvalue weighted by atomic mass is 9.99. The molecule has 0 heterocycles. The first-order chi connectivity index (χ1) is 12.0. The van der Waals surface area contributed by atoms with E-state index in [0.29, 0.717) is 0 Å². The van der Waals surface area contributed by atoms with Crippen molar-refractivity contribution in [2.75, 3.05) is 6.61 Å². The molecule has 2 N–H and O–H groups in total. The second-order valence-electron chi connectivity index (χ2n) is 5.77. The Morgan fingerprint density at radius 3 is 2.23 bits per heavy atom. The zero-order valence-electron chi connectivity index (χ0n) is 15.6. The number of hydrogen-bond donors (Lipinski definition) is 2. The normalized spacial score (nSPS) is 12.8. The van der Waals surface area contributed by atoms with Crippen molar-refractivity contribution < 1.29 is 27.3 Å². The monoisotopic (exact) mass is 385 g/mol. The number of carbonyl (C=O) groups excluding carboxylic acids is 2. The Bertz CT molecular complexity index is 697. The van der Waals surface area contributed by atoms with E-state index < -0.39 is 22.1 Å². The van der Waals surface area contributed by atoms with Crippen molar-refractivity contribution in [3.05, 3.63) is 42.5 Å². The van der Waals surface area contributed by atoms with Gasteiger partial charge in [0, 0.05) is 6.92 Å². The molecule has 0 radical (unpaired) electrons. The smallest absolute Gasteiger partial charge is 0.329 e. The van der Waals surface area contributed by atoms with Crippen LogP contribution in [0.3, 0.4) is 0 Å². The number of amides is 1. The average Bonchev–Trinajstić information content (AvgIpc) is 2.56. The van der Waals surface area contributed by atoms with Gasteiger partial charge in [0.05, 0.1) is 4.90 Å². The van der Waals surface area contributed by atoms with Crippen LogP contribution in [-0.2, 0) is 24.4 Å². The molecule has 8 heteroatoms. The summed E-state index contributed by atoms with van der Waals surface area (Å²) in [5.74, 6) is -0.568. The Kier molecular flexibility index (Phi) is 10.5. The highest BCUT2D eigenvalue weighted by Gasteiger charge is 2.25. The van der Waals surface area contributed by atoms with Gasteiger partial charge in [-0.3, -0.25) is 9.35 Å². The van der Waals surface area contributed by atoms with E-state index in [-0.39, 0.29) is 23.3 Å². The van der Waals surface area contributed by atoms with Crippen LogP contribution >= 0.6 is 0 Å². The maximum absolute atomic E-state index is 11.6. The van der Waals surface area contributed by atoms with Crippen LogP contribution in [0, 0.1) is 12.8 Å². The van der Waals surface area contributed by atoms with Crippen molar-refractivity contribution >= 4 is 22.0 Å². The SMILES string of the molecule is C=CCOC(=O)[C@@H](NC(C)=O)[C@@H](C)CC.Cc1ccc(S(=O)(=O)O)cc1. The van der Waals surface area contributed by atoms with Gasteiger partial charge in [0.15, 0.2) is 0 Å². The summed E-state index contributed by atoms with van der Waals surface area (Å²) in [5, 5.41) is 2.59. The van der Waals surface area contributed by atoms with Gasteiger partial charge in [0.2, 0.25) is 5.91 Å². The molecule has 146 valence electrons. The second kappa shape index (κ2) is 11.4. The minimum absolute atomic E-state index is 0.0613. The molecule has 0 unspecified atom stereocenters. The van der Waals surface area contributed by atoms with Gasteiger partial charge < -0.3 is 10.1 Å². The van der Waals surface area contributed by atoms with Crippen LogP contribution in [0.2, 0.25) is 0 Å². The quantitative estimate of drug-likeness (QED) is 0.424. The number of hydrogen-bond acceptors (Lipinski definition) is 5. The number of rotatable bonds is 7. The lowest BCUT2D eigenvalue weighted by molar-refractivity contribution is -0.148. The first kappa shape index (κ1) is 23.8. The van der Waals surface area contributed by atoms with E-state index in [1.807, 2.05) is 20.8 Å².